The number of methoxy groups -OCH3 is 1. The average molecular weight is 481 g/mol. The second-order valence-corrected chi connectivity index (χ2v) is 9.43. The zero-order valence-electron chi connectivity index (χ0n) is 19.4. The third-order valence-electron chi connectivity index (χ3n) is 5.46. The van der Waals surface area contributed by atoms with Crippen molar-refractivity contribution in [3.63, 3.8) is 0 Å². The van der Waals surface area contributed by atoms with Crippen LogP contribution in [0.15, 0.2) is 39.9 Å². The van der Waals surface area contributed by atoms with E-state index in [0.717, 1.165) is 28.4 Å². The Morgan fingerprint density at radius 1 is 1.29 bits per heavy atom. The van der Waals surface area contributed by atoms with Gasteiger partial charge in [0, 0.05) is 23.9 Å². The largest absolute Gasteiger partial charge is 0.494 e. The second-order valence-electron chi connectivity index (χ2n) is 8.39. The molecule has 11 heteroatoms. The van der Waals surface area contributed by atoms with Crippen LogP contribution in [-0.4, -0.2) is 43.6 Å². The lowest BCUT2D eigenvalue weighted by molar-refractivity contribution is -0.384. The van der Waals surface area contributed by atoms with E-state index in [2.05, 4.69) is 23.9 Å². The zero-order chi connectivity index (χ0) is 24.7. The van der Waals surface area contributed by atoms with Gasteiger partial charge in [-0.15, -0.1) is 0 Å². The van der Waals surface area contributed by atoms with Gasteiger partial charge in [-0.25, -0.2) is 0 Å². The molecule has 0 aliphatic carbocycles. The summed E-state index contributed by atoms with van der Waals surface area (Å²) in [5, 5.41) is 26.9. The van der Waals surface area contributed by atoms with Gasteiger partial charge in [-0.1, -0.05) is 13.8 Å². The minimum atomic E-state index is -0.484. The SMILES string of the molecule is COc1cc([N+](=O)[O-])ccc1-n1c(C)cc(/C=C2\C(=N)N3N=C(CC(C)C)SC3=NC2=O)c1C. The van der Waals surface area contributed by atoms with Gasteiger partial charge in [0.25, 0.3) is 11.6 Å². The summed E-state index contributed by atoms with van der Waals surface area (Å²) in [6.07, 6.45) is 2.39. The molecule has 0 saturated heterocycles. The molecule has 4 rings (SSSR count). The lowest BCUT2D eigenvalue weighted by atomic mass is 10.1. The number of hydrogen-bond acceptors (Lipinski definition) is 7. The van der Waals surface area contributed by atoms with Gasteiger partial charge in [0.2, 0.25) is 5.17 Å². The van der Waals surface area contributed by atoms with Gasteiger partial charge in [0.15, 0.2) is 5.84 Å². The van der Waals surface area contributed by atoms with Crippen molar-refractivity contribution in [3.8, 4) is 11.4 Å². The van der Waals surface area contributed by atoms with Crippen LogP contribution in [0, 0.1) is 35.3 Å². The Balaban J connectivity index is 1.73. The summed E-state index contributed by atoms with van der Waals surface area (Å²) < 4.78 is 7.30. The Bertz CT molecular complexity index is 1320. The number of thioether (sulfide) groups is 1. The van der Waals surface area contributed by atoms with Crippen LogP contribution in [0.2, 0.25) is 0 Å². The number of nitro benzene ring substituents is 1. The number of amidine groups is 2. The topological polar surface area (TPSA) is 126 Å². The number of nitro groups is 1. The van der Waals surface area contributed by atoms with E-state index in [1.54, 1.807) is 12.1 Å². The highest BCUT2D eigenvalue weighted by molar-refractivity contribution is 8.26. The summed E-state index contributed by atoms with van der Waals surface area (Å²) in [6.45, 7) is 7.93. The van der Waals surface area contributed by atoms with Crippen LogP contribution in [-0.2, 0) is 4.79 Å². The van der Waals surface area contributed by atoms with Crippen molar-refractivity contribution in [2.45, 2.75) is 34.1 Å². The number of fused-ring (bicyclic) bond motifs is 1. The molecule has 176 valence electrons. The quantitative estimate of drug-likeness (QED) is 0.363. The minimum absolute atomic E-state index is 0.0148. The second kappa shape index (κ2) is 8.90. The number of aryl methyl sites for hydroxylation is 1. The number of nitrogens with zero attached hydrogens (tertiary/aromatic N) is 5. The number of carbonyl (C=O) groups is 1. The number of non-ortho nitro benzene ring substituents is 1. The predicted octanol–water partition coefficient (Wildman–Crippen LogP) is 4.68. The number of aromatic nitrogens is 1. The summed E-state index contributed by atoms with van der Waals surface area (Å²) in [5.74, 6) is 0.253. The Morgan fingerprint density at radius 2 is 2.03 bits per heavy atom. The van der Waals surface area contributed by atoms with Crippen molar-refractivity contribution < 1.29 is 14.5 Å². The van der Waals surface area contributed by atoms with Gasteiger partial charge in [-0.3, -0.25) is 20.3 Å². The van der Waals surface area contributed by atoms with E-state index in [4.69, 9.17) is 10.1 Å². The molecule has 3 heterocycles. The number of ether oxygens (including phenoxy) is 1. The molecular weight excluding hydrogens is 456 g/mol. The van der Waals surface area contributed by atoms with Crippen LogP contribution in [0.4, 0.5) is 5.69 Å². The molecule has 0 saturated carbocycles. The van der Waals surface area contributed by atoms with E-state index < -0.39 is 10.8 Å². The number of hydrazone groups is 1. The molecule has 0 fully saturated rings. The molecule has 2 aliphatic heterocycles. The fourth-order valence-corrected chi connectivity index (χ4v) is 4.99. The van der Waals surface area contributed by atoms with Crippen molar-refractivity contribution in [3.05, 3.63) is 56.9 Å². The summed E-state index contributed by atoms with van der Waals surface area (Å²) in [6, 6.07) is 6.31. The highest BCUT2D eigenvalue weighted by atomic mass is 32.2. The molecule has 1 amide bonds. The highest BCUT2D eigenvalue weighted by Crippen LogP contribution is 2.34. The standard InChI is InChI=1S/C23H24N6O4S/c1-12(2)8-20-26-28-21(24)17(22(30)25-23(28)34-20)10-15-9-13(3)27(14(15)4)18-7-6-16(29(31)32)11-19(18)33-5/h6-7,9-12,24H,8H2,1-5H3/b17-10+,24-21?. The fraction of sp³-hybridized carbons (Fsp3) is 0.304. The van der Waals surface area contributed by atoms with Gasteiger partial charge in [-0.2, -0.15) is 15.1 Å². The molecule has 10 nitrogen and oxygen atoms in total. The van der Waals surface area contributed by atoms with E-state index in [-0.39, 0.29) is 17.1 Å². The van der Waals surface area contributed by atoms with Gasteiger partial charge in [-0.05, 0) is 55.3 Å². The van der Waals surface area contributed by atoms with E-state index in [9.17, 15) is 14.9 Å². The van der Waals surface area contributed by atoms with E-state index in [1.165, 1.54) is 36.0 Å². The predicted molar refractivity (Wildman–Crippen MR) is 133 cm³/mol. The highest BCUT2D eigenvalue weighted by Gasteiger charge is 2.35. The molecule has 2 aliphatic rings. The van der Waals surface area contributed by atoms with Crippen LogP contribution < -0.4 is 4.74 Å². The molecule has 34 heavy (non-hydrogen) atoms. The van der Waals surface area contributed by atoms with Gasteiger partial charge >= 0.3 is 0 Å². The third-order valence-corrected chi connectivity index (χ3v) is 6.40. The smallest absolute Gasteiger partial charge is 0.283 e. The monoisotopic (exact) mass is 480 g/mol. The van der Waals surface area contributed by atoms with Crippen LogP contribution in [0.3, 0.4) is 0 Å². The Hall–Kier alpha value is -3.73. The van der Waals surface area contributed by atoms with Crippen molar-refractivity contribution in [1.82, 2.24) is 9.58 Å². The summed E-state index contributed by atoms with van der Waals surface area (Å²) in [4.78, 5) is 27.6. The molecule has 2 aromatic rings. The number of rotatable bonds is 6. The Kier molecular flexibility index (Phi) is 6.13. The van der Waals surface area contributed by atoms with Crippen molar-refractivity contribution in [2.75, 3.05) is 7.11 Å². The molecule has 1 aromatic heterocycles. The van der Waals surface area contributed by atoms with Crippen molar-refractivity contribution in [1.29, 1.82) is 5.41 Å². The molecule has 0 bridgehead atoms. The first-order valence-corrected chi connectivity index (χ1v) is 11.4. The molecular formula is C23H24N6O4S. The lowest BCUT2D eigenvalue weighted by Crippen LogP contribution is -2.35. The van der Waals surface area contributed by atoms with Crippen LogP contribution in [0.1, 0.15) is 37.2 Å². The van der Waals surface area contributed by atoms with Crippen molar-refractivity contribution in [2.24, 2.45) is 16.0 Å². The van der Waals surface area contributed by atoms with Gasteiger partial charge in [0.1, 0.15) is 10.8 Å². The summed E-state index contributed by atoms with van der Waals surface area (Å²) in [5.41, 5.74) is 3.06. The first kappa shape index (κ1) is 23.4. The maximum atomic E-state index is 12.8. The first-order valence-electron chi connectivity index (χ1n) is 10.6. The van der Waals surface area contributed by atoms with Crippen LogP contribution in [0.5, 0.6) is 5.75 Å². The molecule has 0 radical (unpaired) electrons. The number of aliphatic imine (C=N–C) groups is 1. The molecule has 0 spiro atoms. The van der Waals surface area contributed by atoms with Crippen molar-refractivity contribution >= 4 is 45.5 Å². The maximum absolute atomic E-state index is 12.8. The van der Waals surface area contributed by atoms with E-state index in [1.807, 2.05) is 24.5 Å². The zero-order valence-corrected chi connectivity index (χ0v) is 20.3. The first-order chi connectivity index (χ1) is 16.1. The number of nitrogens with one attached hydrogen (secondary N) is 1. The number of amides is 1. The fourth-order valence-electron chi connectivity index (χ4n) is 3.89. The van der Waals surface area contributed by atoms with E-state index >= 15 is 0 Å². The van der Waals surface area contributed by atoms with Crippen LogP contribution >= 0.6 is 11.8 Å². The summed E-state index contributed by atoms with van der Waals surface area (Å²) in [7, 11) is 1.46. The summed E-state index contributed by atoms with van der Waals surface area (Å²) >= 11 is 1.32. The van der Waals surface area contributed by atoms with Gasteiger partial charge < -0.3 is 9.30 Å². The third kappa shape index (κ3) is 4.14. The normalized spacial score (nSPS) is 16.8. The Morgan fingerprint density at radius 3 is 2.68 bits per heavy atom. The number of hydrogen-bond donors (Lipinski definition) is 1. The van der Waals surface area contributed by atoms with E-state index in [0.29, 0.717) is 22.5 Å². The molecule has 0 unspecified atom stereocenters. The van der Waals surface area contributed by atoms with Gasteiger partial charge in [0.05, 0.1) is 29.4 Å². The average Bonchev–Trinajstić information content (AvgIpc) is 3.29. The molecule has 1 N–H and O–H groups in total. The molecule has 0 atom stereocenters. The Labute approximate surface area is 200 Å². The number of carbonyl (C=O) groups excluding carboxylic acids is 1. The maximum Gasteiger partial charge on any atom is 0.283 e. The number of benzene rings is 1. The molecule has 1 aromatic carbocycles. The lowest BCUT2D eigenvalue weighted by Gasteiger charge is -2.20. The van der Waals surface area contributed by atoms with Crippen LogP contribution in [0.25, 0.3) is 11.8 Å². The minimum Gasteiger partial charge on any atom is -0.494 e.